The fourth-order valence-electron chi connectivity index (χ4n) is 4.13. The zero-order valence-corrected chi connectivity index (χ0v) is 18.9. The molecule has 1 fully saturated rings. The fraction of sp³-hybridized carbons (Fsp3) is 0.333. The third-order valence-corrected chi connectivity index (χ3v) is 5.96. The molecule has 2 aromatic carbocycles. The second-order valence-corrected chi connectivity index (χ2v) is 7.80. The van der Waals surface area contributed by atoms with Crippen molar-refractivity contribution in [1.29, 1.82) is 0 Å². The van der Waals surface area contributed by atoms with Gasteiger partial charge >= 0.3 is 0 Å². The lowest BCUT2D eigenvalue weighted by Gasteiger charge is -2.39. The molecule has 0 bridgehead atoms. The maximum atomic E-state index is 12.9. The number of piperazine rings is 1. The Kier molecular flexibility index (Phi) is 6.69. The monoisotopic (exact) mass is 450 g/mol. The van der Waals surface area contributed by atoms with E-state index in [0.29, 0.717) is 26.2 Å². The molecule has 1 aliphatic heterocycles. The summed E-state index contributed by atoms with van der Waals surface area (Å²) in [5, 5.41) is 6.66. The highest BCUT2D eigenvalue weighted by molar-refractivity contribution is 5.97. The van der Waals surface area contributed by atoms with E-state index in [0.717, 1.165) is 22.6 Å². The van der Waals surface area contributed by atoms with Crippen LogP contribution in [0.25, 0.3) is 0 Å². The summed E-state index contributed by atoms with van der Waals surface area (Å²) < 4.78 is 15.6. The fourth-order valence-corrected chi connectivity index (χ4v) is 4.13. The smallest absolute Gasteiger partial charge is 0.278 e. The van der Waals surface area contributed by atoms with Crippen LogP contribution in [0.3, 0.4) is 0 Å². The summed E-state index contributed by atoms with van der Waals surface area (Å²) in [6, 6.07) is 16.0. The van der Waals surface area contributed by atoms with Crippen LogP contribution >= 0.6 is 0 Å². The predicted molar refractivity (Wildman–Crippen MR) is 122 cm³/mol. The molecule has 0 aliphatic carbocycles. The Morgan fingerprint density at radius 2 is 1.45 bits per heavy atom. The average Bonchev–Trinajstić information content (AvgIpc) is 3.25. The van der Waals surface area contributed by atoms with E-state index in [9.17, 15) is 9.70 Å². The first kappa shape index (κ1) is 22.5. The zero-order chi connectivity index (χ0) is 23.4. The van der Waals surface area contributed by atoms with E-state index < -0.39 is 0 Å². The van der Waals surface area contributed by atoms with E-state index in [2.05, 4.69) is 39.5 Å². The third-order valence-electron chi connectivity index (χ3n) is 5.96. The van der Waals surface area contributed by atoms with E-state index in [1.807, 2.05) is 24.3 Å². The van der Waals surface area contributed by atoms with Crippen molar-refractivity contribution in [3.05, 3.63) is 76.0 Å². The number of hydrogen-bond donors (Lipinski definition) is 0. The summed E-state index contributed by atoms with van der Waals surface area (Å²) in [7, 11) is 3.29. The molecule has 3 aromatic rings. The molecule has 9 heteroatoms. The van der Waals surface area contributed by atoms with Crippen LogP contribution in [0, 0.1) is 11.8 Å². The standard InChI is InChI=1S/C24H26N4O5/c1-16-21(25-30)22(26-33-16)24(29)28-14-12-27(13-15-28)23(17-4-8-19(31-2)9-5-17)18-6-10-20(32-3)11-7-18/h4-11,23H,12-15H2,1-3H3. The van der Waals surface area contributed by atoms with Gasteiger partial charge in [-0.1, -0.05) is 29.4 Å². The molecule has 1 aromatic heterocycles. The number of methoxy groups -OCH3 is 2. The molecule has 0 spiro atoms. The minimum Gasteiger partial charge on any atom is -0.497 e. The Morgan fingerprint density at radius 3 is 1.91 bits per heavy atom. The van der Waals surface area contributed by atoms with Gasteiger partial charge in [-0.15, -0.1) is 4.91 Å². The number of ether oxygens (including phenoxy) is 2. The molecular formula is C24H26N4O5. The quantitative estimate of drug-likeness (QED) is 0.503. The summed E-state index contributed by atoms with van der Waals surface area (Å²) in [5.41, 5.74) is 2.19. The van der Waals surface area contributed by atoms with Gasteiger partial charge < -0.3 is 18.9 Å². The minimum atomic E-state index is -0.341. The molecule has 0 saturated carbocycles. The lowest BCUT2D eigenvalue weighted by atomic mass is 9.96. The van der Waals surface area contributed by atoms with Gasteiger partial charge in [0.25, 0.3) is 5.91 Å². The Hall–Kier alpha value is -3.72. The predicted octanol–water partition coefficient (Wildman–Crippen LogP) is 3.95. The maximum absolute atomic E-state index is 12.9. The molecule has 0 N–H and O–H groups in total. The molecule has 1 amide bonds. The SMILES string of the molecule is COc1ccc(C(c2ccc(OC)cc2)N2CCN(C(=O)c3noc(C)c3N=O)CC2)cc1. The number of hydrogen-bond acceptors (Lipinski definition) is 8. The van der Waals surface area contributed by atoms with E-state index in [1.165, 1.54) is 0 Å². The highest BCUT2D eigenvalue weighted by Gasteiger charge is 2.31. The number of carbonyl (C=O) groups excluding carboxylic acids is 1. The molecular weight excluding hydrogens is 424 g/mol. The first-order valence-electron chi connectivity index (χ1n) is 10.7. The molecule has 0 atom stereocenters. The zero-order valence-electron chi connectivity index (χ0n) is 18.9. The lowest BCUT2D eigenvalue weighted by Crippen LogP contribution is -2.50. The van der Waals surface area contributed by atoms with Crippen LogP contribution in [0.4, 0.5) is 5.69 Å². The van der Waals surface area contributed by atoms with Crippen molar-refractivity contribution in [2.45, 2.75) is 13.0 Å². The summed E-state index contributed by atoms with van der Waals surface area (Å²) >= 11 is 0. The molecule has 172 valence electrons. The minimum absolute atomic E-state index is 0.000520. The normalized spacial score (nSPS) is 14.4. The van der Waals surface area contributed by atoms with Crippen LogP contribution in [-0.2, 0) is 0 Å². The van der Waals surface area contributed by atoms with Gasteiger partial charge in [0.05, 0.1) is 20.3 Å². The van der Waals surface area contributed by atoms with Crippen LogP contribution in [0.1, 0.15) is 33.4 Å². The number of aromatic nitrogens is 1. The van der Waals surface area contributed by atoms with Crippen molar-refractivity contribution < 1.29 is 18.8 Å². The summed E-state index contributed by atoms with van der Waals surface area (Å²) in [6.07, 6.45) is 0. The molecule has 2 heterocycles. The summed E-state index contributed by atoms with van der Waals surface area (Å²) in [4.78, 5) is 28.0. The lowest BCUT2D eigenvalue weighted by molar-refractivity contribution is 0.0588. The van der Waals surface area contributed by atoms with Gasteiger partial charge in [0.15, 0.2) is 11.4 Å². The molecule has 9 nitrogen and oxygen atoms in total. The number of benzene rings is 2. The van der Waals surface area contributed by atoms with Crippen LogP contribution in [-0.4, -0.2) is 61.3 Å². The molecule has 0 unspecified atom stereocenters. The van der Waals surface area contributed by atoms with Crippen molar-refractivity contribution in [2.24, 2.45) is 5.18 Å². The second kappa shape index (κ2) is 9.83. The highest BCUT2D eigenvalue weighted by Crippen LogP contribution is 2.32. The molecule has 1 aliphatic rings. The summed E-state index contributed by atoms with van der Waals surface area (Å²) in [6.45, 7) is 3.84. The van der Waals surface area contributed by atoms with Crippen molar-refractivity contribution in [2.75, 3.05) is 40.4 Å². The van der Waals surface area contributed by atoms with Gasteiger partial charge in [-0.2, -0.15) is 0 Å². The molecule has 1 saturated heterocycles. The molecule has 4 rings (SSSR count). The van der Waals surface area contributed by atoms with Gasteiger partial charge in [-0.05, 0) is 47.5 Å². The van der Waals surface area contributed by atoms with Crippen molar-refractivity contribution in [3.63, 3.8) is 0 Å². The van der Waals surface area contributed by atoms with Gasteiger partial charge in [0.2, 0.25) is 5.69 Å². The number of aryl methyl sites for hydroxylation is 1. The topological polar surface area (TPSA) is 97.5 Å². The summed E-state index contributed by atoms with van der Waals surface area (Å²) in [5.74, 6) is 1.49. The molecule has 33 heavy (non-hydrogen) atoms. The second-order valence-electron chi connectivity index (χ2n) is 7.80. The molecule has 0 radical (unpaired) electrons. The van der Waals surface area contributed by atoms with Gasteiger partial charge in [-0.25, -0.2) is 0 Å². The maximum Gasteiger partial charge on any atom is 0.278 e. The average molecular weight is 450 g/mol. The van der Waals surface area contributed by atoms with Crippen LogP contribution < -0.4 is 9.47 Å². The largest absolute Gasteiger partial charge is 0.497 e. The highest BCUT2D eigenvalue weighted by atomic mass is 16.5. The van der Waals surface area contributed by atoms with Crippen LogP contribution in [0.15, 0.2) is 58.2 Å². The first-order valence-corrected chi connectivity index (χ1v) is 10.7. The van der Waals surface area contributed by atoms with Gasteiger partial charge in [0, 0.05) is 26.2 Å². The first-order chi connectivity index (χ1) is 16.0. The number of nitroso groups, excluding NO2 is 1. The Labute approximate surface area is 191 Å². The van der Waals surface area contributed by atoms with Crippen LogP contribution in [0.2, 0.25) is 0 Å². The Bertz CT molecular complexity index is 1060. The van der Waals surface area contributed by atoms with Crippen molar-refractivity contribution in [1.82, 2.24) is 15.0 Å². The number of amides is 1. The number of carbonyl (C=O) groups is 1. The van der Waals surface area contributed by atoms with Crippen molar-refractivity contribution >= 4 is 11.6 Å². The van der Waals surface area contributed by atoms with E-state index in [4.69, 9.17) is 14.0 Å². The van der Waals surface area contributed by atoms with Gasteiger partial charge in [-0.3, -0.25) is 9.69 Å². The van der Waals surface area contributed by atoms with Crippen molar-refractivity contribution in [3.8, 4) is 11.5 Å². The van der Waals surface area contributed by atoms with E-state index >= 15 is 0 Å². The van der Waals surface area contributed by atoms with E-state index in [1.54, 1.807) is 26.0 Å². The number of nitrogens with zero attached hydrogens (tertiary/aromatic N) is 4. The van der Waals surface area contributed by atoms with Gasteiger partial charge in [0.1, 0.15) is 11.5 Å². The van der Waals surface area contributed by atoms with Crippen LogP contribution in [0.5, 0.6) is 11.5 Å². The number of rotatable bonds is 7. The van der Waals surface area contributed by atoms with E-state index in [-0.39, 0.29) is 29.1 Å². The Morgan fingerprint density at radius 1 is 0.939 bits per heavy atom. The Balaban J connectivity index is 1.55. The third kappa shape index (κ3) is 4.58.